The molecule has 0 radical (unpaired) electrons. The molecule has 1 heterocycles. The van der Waals surface area contributed by atoms with Crippen molar-refractivity contribution < 1.29 is 0 Å². The van der Waals surface area contributed by atoms with Crippen LogP contribution in [0.15, 0.2) is 22.9 Å². The number of hydrogen-bond acceptors (Lipinski definition) is 3. The summed E-state index contributed by atoms with van der Waals surface area (Å²) in [5, 5.41) is 8.39. The number of nitrogens with two attached hydrogens (primary N) is 1. The van der Waals surface area contributed by atoms with E-state index >= 15 is 0 Å². The van der Waals surface area contributed by atoms with E-state index in [2.05, 4.69) is 20.9 Å². The van der Waals surface area contributed by atoms with Gasteiger partial charge in [0.2, 0.25) is 0 Å². The predicted molar refractivity (Wildman–Crippen MR) is 56.3 cm³/mol. The highest BCUT2D eigenvalue weighted by Gasteiger charge is 2.04. The van der Waals surface area contributed by atoms with Gasteiger partial charge in [0.1, 0.15) is 4.60 Å². The molecular formula is C8H9BrClN3. The fourth-order valence-electron chi connectivity index (χ4n) is 0.823. The van der Waals surface area contributed by atoms with Crippen molar-refractivity contribution in [1.29, 1.82) is 5.26 Å². The highest BCUT2D eigenvalue weighted by molar-refractivity contribution is 9.10. The van der Waals surface area contributed by atoms with E-state index in [-0.39, 0.29) is 18.4 Å². The molecule has 5 heteroatoms. The molecule has 0 amide bonds. The Bertz CT molecular complexity index is 293. The van der Waals surface area contributed by atoms with Crippen LogP contribution in [0.1, 0.15) is 18.0 Å². The summed E-state index contributed by atoms with van der Waals surface area (Å²) < 4.78 is 0.774. The van der Waals surface area contributed by atoms with Crippen molar-refractivity contribution >= 4 is 28.3 Å². The van der Waals surface area contributed by atoms with Gasteiger partial charge in [-0.15, -0.1) is 12.4 Å². The third-order valence-corrected chi connectivity index (χ3v) is 1.96. The topological polar surface area (TPSA) is 62.7 Å². The summed E-state index contributed by atoms with van der Waals surface area (Å²) >= 11 is 3.22. The summed E-state index contributed by atoms with van der Waals surface area (Å²) in [4.78, 5) is 4.01. The molecule has 0 spiro atoms. The Hall–Kier alpha value is -0.630. The molecule has 1 aromatic heterocycles. The minimum Gasteiger partial charge on any atom is -0.323 e. The molecule has 0 fully saturated rings. The first-order chi connectivity index (χ1) is 5.74. The van der Waals surface area contributed by atoms with Gasteiger partial charge in [-0.2, -0.15) is 5.26 Å². The molecule has 3 nitrogen and oxygen atoms in total. The molecule has 1 rings (SSSR count). The van der Waals surface area contributed by atoms with Crippen molar-refractivity contribution in [2.75, 3.05) is 0 Å². The largest absolute Gasteiger partial charge is 0.323 e. The zero-order chi connectivity index (χ0) is 8.97. The van der Waals surface area contributed by atoms with Gasteiger partial charge >= 0.3 is 0 Å². The molecule has 0 bridgehead atoms. The van der Waals surface area contributed by atoms with E-state index in [4.69, 9.17) is 11.0 Å². The fourth-order valence-corrected chi connectivity index (χ4v) is 1.06. The lowest BCUT2D eigenvalue weighted by Gasteiger charge is -2.05. The normalized spacial score (nSPS) is 11.2. The highest BCUT2D eigenvalue weighted by Crippen LogP contribution is 2.14. The number of hydrogen-bond donors (Lipinski definition) is 1. The number of pyridine rings is 1. The summed E-state index contributed by atoms with van der Waals surface area (Å²) in [6, 6.07) is 5.46. The van der Waals surface area contributed by atoms with Crippen molar-refractivity contribution in [2.24, 2.45) is 5.73 Å². The van der Waals surface area contributed by atoms with Gasteiger partial charge in [0.25, 0.3) is 0 Å². The van der Waals surface area contributed by atoms with E-state index in [0.29, 0.717) is 6.42 Å². The maximum atomic E-state index is 8.39. The summed E-state index contributed by atoms with van der Waals surface area (Å²) in [5.74, 6) is 0. The molecule has 0 aliphatic heterocycles. The van der Waals surface area contributed by atoms with E-state index in [9.17, 15) is 0 Å². The minimum absolute atomic E-state index is 0. The van der Waals surface area contributed by atoms with Crippen molar-refractivity contribution in [2.45, 2.75) is 12.5 Å². The van der Waals surface area contributed by atoms with E-state index in [0.717, 1.165) is 10.2 Å². The van der Waals surface area contributed by atoms with Crippen LogP contribution in [0.25, 0.3) is 0 Å². The minimum atomic E-state index is -0.226. The van der Waals surface area contributed by atoms with Gasteiger partial charge in [-0.1, -0.05) is 6.07 Å². The lowest BCUT2D eigenvalue weighted by atomic mass is 10.1. The third kappa shape index (κ3) is 3.73. The van der Waals surface area contributed by atoms with Gasteiger partial charge in [-0.25, -0.2) is 4.98 Å². The molecule has 0 unspecified atom stereocenters. The number of halogens is 2. The van der Waals surface area contributed by atoms with Crippen molar-refractivity contribution in [1.82, 2.24) is 4.98 Å². The molecule has 0 saturated heterocycles. The molecule has 13 heavy (non-hydrogen) atoms. The molecule has 70 valence electrons. The third-order valence-electron chi connectivity index (χ3n) is 1.49. The maximum Gasteiger partial charge on any atom is 0.106 e. The number of nitrogens with zero attached hydrogens (tertiary/aromatic N) is 2. The van der Waals surface area contributed by atoms with E-state index in [1.807, 2.05) is 18.2 Å². The van der Waals surface area contributed by atoms with Crippen LogP contribution in [0, 0.1) is 11.3 Å². The van der Waals surface area contributed by atoms with Gasteiger partial charge in [0.15, 0.2) is 0 Å². The van der Waals surface area contributed by atoms with Crippen LogP contribution in [0.4, 0.5) is 0 Å². The van der Waals surface area contributed by atoms with Crippen molar-refractivity contribution in [3.8, 4) is 6.07 Å². The van der Waals surface area contributed by atoms with Gasteiger partial charge in [-0.05, 0) is 27.6 Å². The summed E-state index contributed by atoms with van der Waals surface area (Å²) in [7, 11) is 0. The monoisotopic (exact) mass is 261 g/mol. The second-order valence-electron chi connectivity index (χ2n) is 2.38. The second-order valence-corrected chi connectivity index (χ2v) is 3.20. The molecule has 1 atom stereocenters. The van der Waals surface area contributed by atoms with Gasteiger partial charge in [0.05, 0.1) is 12.5 Å². The Kier molecular flexibility index (Phi) is 5.63. The number of aromatic nitrogens is 1. The second kappa shape index (κ2) is 5.92. The van der Waals surface area contributed by atoms with Crippen LogP contribution in [0.5, 0.6) is 0 Å². The van der Waals surface area contributed by atoms with Gasteiger partial charge in [0, 0.05) is 12.2 Å². The van der Waals surface area contributed by atoms with Crippen LogP contribution in [-0.2, 0) is 0 Å². The fraction of sp³-hybridized carbons (Fsp3) is 0.250. The highest BCUT2D eigenvalue weighted by atomic mass is 79.9. The van der Waals surface area contributed by atoms with Gasteiger partial charge in [-0.3, -0.25) is 0 Å². The first-order valence-electron chi connectivity index (χ1n) is 3.48. The lowest BCUT2D eigenvalue weighted by molar-refractivity contribution is 0.743. The zero-order valence-corrected chi connectivity index (χ0v) is 9.18. The molecular weight excluding hydrogens is 253 g/mol. The zero-order valence-electron chi connectivity index (χ0n) is 6.77. The SMILES string of the molecule is Cl.N#CC[C@H](N)c1ccc(Br)nc1. The standard InChI is InChI=1S/C8H8BrN3.ClH/c9-8-2-1-6(5-12-8)7(11)3-4-10;/h1-2,5,7H,3,11H2;1H/t7-;/m0./s1. The molecule has 0 aromatic carbocycles. The van der Waals surface area contributed by atoms with Crippen molar-refractivity contribution in [3.05, 3.63) is 28.5 Å². The average Bonchev–Trinajstić information content (AvgIpc) is 2.06. The Morgan fingerprint density at radius 3 is 2.77 bits per heavy atom. The Labute approximate surface area is 91.5 Å². The van der Waals surface area contributed by atoms with Crippen LogP contribution in [0.2, 0.25) is 0 Å². The number of rotatable bonds is 2. The Morgan fingerprint density at radius 2 is 2.31 bits per heavy atom. The summed E-state index contributed by atoms with van der Waals surface area (Å²) in [6.45, 7) is 0. The first kappa shape index (κ1) is 12.4. The lowest BCUT2D eigenvalue weighted by Crippen LogP contribution is -2.09. The maximum absolute atomic E-state index is 8.39. The smallest absolute Gasteiger partial charge is 0.106 e. The van der Waals surface area contributed by atoms with Crippen molar-refractivity contribution in [3.63, 3.8) is 0 Å². The van der Waals surface area contributed by atoms with Crippen LogP contribution in [-0.4, -0.2) is 4.98 Å². The van der Waals surface area contributed by atoms with Crippen LogP contribution >= 0.6 is 28.3 Å². The molecule has 2 N–H and O–H groups in total. The predicted octanol–water partition coefficient (Wildman–Crippen LogP) is 2.18. The van der Waals surface area contributed by atoms with E-state index in [1.54, 1.807) is 6.20 Å². The van der Waals surface area contributed by atoms with Crippen LogP contribution < -0.4 is 5.73 Å². The van der Waals surface area contributed by atoms with Gasteiger partial charge < -0.3 is 5.73 Å². The molecule has 0 aliphatic carbocycles. The molecule has 0 saturated carbocycles. The Morgan fingerprint density at radius 1 is 1.62 bits per heavy atom. The first-order valence-corrected chi connectivity index (χ1v) is 4.27. The average molecular weight is 263 g/mol. The quantitative estimate of drug-likeness (QED) is 0.831. The molecule has 0 aliphatic rings. The number of nitriles is 1. The van der Waals surface area contributed by atoms with E-state index in [1.165, 1.54) is 0 Å². The van der Waals surface area contributed by atoms with E-state index < -0.39 is 0 Å². The Balaban J connectivity index is 0.00000144. The summed E-state index contributed by atoms with van der Waals surface area (Å²) in [6.07, 6.45) is 2.00. The summed E-state index contributed by atoms with van der Waals surface area (Å²) in [5.41, 5.74) is 6.57. The molecule has 1 aromatic rings. The van der Waals surface area contributed by atoms with Crippen LogP contribution in [0.3, 0.4) is 0 Å².